The summed E-state index contributed by atoms with van der Waals surface area (Å²) in [7, 11) is 0. The SMILES string of the molecule is O=C(N[C@@H]1CC[C@H](C(=O)O)C1)c1n[nH]c(=O)c2ccccc12. The van der Waals surface area contributed by atoms with Crippen LogP contribution in [0.15, 0.2) is 29.1 Å². The van der Waals surface area contributed by atoms with E-state index in [1.165, 1.54) is 0 Å². The third-order valence-corrected chi connectivity index (χ3v) is 4.03. The molecule has 7 nitrogen and oxygen atoms in total. The van der Waals surface area contributed by atoms with Gasteiger partial charge in [0.2, 0.25) is 0 Å². The Bertz CT molecular complexity index is 799. The van der Waals surface area contributed by atoms with Crippen LogP contribution in [0.25, 0.3) is 10.8 Å². The van der Waals surface area contributed by atoms with Gasteiger partial charge in [0.25, 0.3) is 11.5 Å². The molecular formula is C15H15N3O4. The number of carboxylic acids is 1. The Morgan fingerprint density at radius 2 is 1.95 bits per heavy atom. The number of H-pyrrole nitrogens is 1. The van der Waals surface area contributed by atoms with Gasteiger partial charge in [0.1, 0.15) is 0 Å². The molecule has 0 unspecified atom stereocenters. The Morgan fingerprint density at radius 1 is 1.23 bits per heavy atom. The number of nitrogens with one attached hydrogen (secondary N) is 2. The zero-order valence-corrected chi connectivity index (χ0v) is 11.7. The average molecular weight is 301 g/mol. The first-order chi connectivity index (χ1) is 10.6. The van der Waals surface area contributed by atoms with Crippen LogP contribution in [0.4, 0.5) is 0 Å². The van der Waals surface area contributed by atoms with Crippen LogP contribution in [0.3, 0.4) is 0 Å². The average Bonchev–Trinajstić information content (AvgIpc) is 2.96. The summed E-state index contributed by atoms with van der Waals surface area (Å²) in [6, 6.07) is 6.56. The van der Waals surface area contributed by atoms with Crippen LogP contribution in [0.5, 0.6) is 0 Å². The molecule has 1 fully saturated rings. The highest BCUT2D eigenvalue weighted by atomic mass is 16.4. The van der Waals surface area contributed by atoms with Gasteiger partial charge in [-0.1, -0.05) is 18.2 Å². The largest absolute Gasteiger partial charge is 0.481 e. The molecule has 1 heterocycles. The predicted octanol–water partition coefficient (Wildman–Crippen LogP) is 0.906. The molecule has 22 heavy (non-hydrogen) atoms. The maximum atomic E-state index is 12.4. The summed E-state index contributed by atoms with van der Waals surface area (Å²) in [6.07, 6.45) is 1.60. The normalized spacial score (nSPS) is 20.9. The monoisotopic (exact) mass is 301 g/mol. The number of aliphatic carboxylic acids is 1. The molecule has 2 atom stereocenters. The molecule has 0 radical (unpaired) electrons. The smallest absolute Gasteiger partial charge is 0.306 e. The minimum Gasteiger partial charge on any atom is -0.481 e. The van der Waals surface area contributed by atoms with Crippen LogP contribution in [0, 0.1) is 5.92 Å². The summed E-state index contributed by atoms with van der Waals surface area (Å²) in [4.78, 5) is 35.0. The molecule has 3 N–H and O–H groups in total. The second-order valence-electron chi connectivity index (χ2n) is 5.47. The first-order valence-corrected chi connectivity index (χ1v) is 7.07. The molecule has 1 aliphatic rings. The van der Waals surface area contributed by atoms with E-state index >= 15 is 0 Å². The van der Waals surface area contributed by atoms with Gasteiger partial charge in [-0.05, 0) is 25.3 Å². The lowest BCUT2D eigenvalue weighted by Gasteiger charge is -2.12. The third-order valence-electron chi connectivity index (χ3n) is 4.03. The van der Waals surface area contributed by atoms with Crippen LogP contribution in [-0.4, -0.2) is 33.2 Å². The Morgan fingerprint density at radius 3 is 2.64 bits per heavy atom. The maximum absolute atomic E-state index is 12.4. The van der Waals surface area contributed by atoms with Gasteiger partial charge in [-0.3, -0.25) is 14.4 Å². The first kappa shape index (κ1) is 14.2. The Kier molecular flexibility index (Phi) is 3.62. The molecule has 114 valence electrons. The number of aromatic nitrogens is 2. The highest BCUT2D eigenvalue weighted by Crippen LogP contribution is 2.26. The Balaban J connectivity index is 1.83. The van der Waals surface area contributed by atoms with Crippen LogP contribution >= 0.6 is 0 Å². The number of nitrogens with zero attached hydrogens (tertiary/aromatic N) is 1. The lowest BCUT2D eigenvalue weighted by atomic mass is 10.1. The summed E-state index contributed by atoms with van der Waals surface area (Å²) >= 11 is 0. The number of fused-ring (bicyclic) bond motifs is 1. The van der Waals surface area contributed by atoms with Gasteiger partial charge in [-0.2, -0.15) is 5.10 Å². The van der Waals surface area contributed by atoms with Gasteiger partial charge in [0.15, 0.2) is 5.69 Å². The second kappa shape index (κ2) is 5.59. The predicted molar refractivity (Wildman–Crippen MR) is 78.6 cm³/mol. The minimum absolute atomic E-state index is 0.147. The van der Waals surface area contributed by atoms with Crippen molar-refractivity contribution in [1.82, 2.24) is 15.5 Å². The van der Waals surface area contributed by atoms with E-state index in [0.717, 1.165) is 0 Å². The Labute approximate surface area is 125 Å². The molecule has 1 amide bonds. The topological polar surface area (TPSA) is 112 Å². The van der Waals surface area contributed by atoms with Crippen molar-refractivity contribution in [2.75, 3.05) is 0 Å². The van der Waals surface area contributed by atoms with Crippen molar-refractivity contribution in [3.63, 3.8) is 0 Å². The van der Waals surface area contributed by atoms with Crippen LogP contribution < -0.4 is 10.9 Å². The quantitative estimate of drug-likeness (QED) is 0.780. The highest BCUT2D eigenvalue weighted by molar-refractivity contribution is 6.04. The number of hydrogen-bond donors (Lipinski definition) is 3. The van der Waals surface area contributed by atoms with Crippen LogP contribution in [0.1, 0.15) is 29.8 Å². The van der Waals surface area contributed by atoms with Crippen molar-refractivity contribution in [3.8, 4) is 0 Å². The fourth-order valence-corrected chi connectivity index (χ4v) is 2.88. The summed E-state index contributed by atoms with van der Waals surface area (Å²) in [5, 5.41) is 18.8. The van der Waals surface area contributed by atoms with E-state index in [9.17, 15) is 14.4 Å². The van der Waals surface area contributed by atoms with Crippen molar-refractivity contribution in [2.24, 2.45) is 5.92 Å². The molecule has 1 aliphatic carbocycles. The van der Waals surface area contributed by atoms with Crippen molar-refractivity contribution in [3.05, 3.63) is 40.3 Å². The fraction of sp³-hybridized carbons (Fsp3) is 0.333. The van der Waals surface area contributed by atoms with Crippen LogP contribution in [0.2, 0.25) is 0 Å². The summed E-state index contributed by atoms with van der Waals surface area (Å²) < 4.78 is 0. The summed E-state index contributed by atoms with van der Waals surface area (Å²) in [6.45, 7) is 0. The molecular weight excluding hydrogens is 286 g/mol. The number of hydrogen-bond acceptors (Lipinski definition) is 4. The van der Waals surface area contributed by atoms with Gasteiger partial charge in [-0.15, -0.1) is 0 Å². The molecule has 0 spiro atoms. The van der Waals surface area contributed by atoms with E-state index in [0.29, 0.717) is 30.0 Å². The Hall–Kier alpha value is -2.70. The number of carboxylic acid groups (broad SMARTS) is 1. The molecule has 2 aromatic rings. The van der Waals surface area contributed by atoms with Crippen molar-refractivity contribution in [1.29, 1.82) is 0 Å². The second-order valence-corrected chi connectivity index (χ2v) is 5.47. The lowest BCUT2D eigenvalue weighted by molar-refractivity contribution is -0.141. The van der Waals surface area contributed by atoms with Gasteiger partial charge < -0.3 is 10.4 Å². The van der Waals surface area contributed by atoms with Crippen LogP contribution in [-0.2, 0) is 4.79 Å². The summed E-state index contributed by atoms with van der Waals surface area (Å²) in [5.41, 5.74) is -0.201. The molecule has 3 rings (SSSR count). The number of rotatable bonds is 3. The molecule has 0 saturated heterocycles. The fourth-order valence-electron chi connectivity index (χ4n) is 2.88. The molecule has 1 aromatic carbocycles. The van der Waals surface area contributed by atoms with E-state index in [1.54, 1.807) is 24.3 Å². The highest BCUT2D eigenvalue weighted by Gasteiger charge is 2.31. The van der Waals surface area contributed by atoms with E-state index in [1.807, 2.05) is 0 Å². The van der Waals surface area contributed by atoms with Gasteiger partial charge in [-0.25, -0.2) is 5.10 Å². The van der Waals surface area contributed by atoms with Crippen molar-refractivity contribution >= 4 is 22.6 Å². The number of aromatic amines is 1. The molecule has 1 aromatic heterocycles. The number of carbonyl (C=O) groups is 2. The maximum Gasteiger partial charge on any atom is 0.306 e. The first-order valence-electron chi connectivity index (χ1n) is 7.07. The van der Waals surface area contributed by atoms with E-state index in [-0.39, 0.29) is 17.3 Å². The lowest BCUT2D eigenvalue weighted by Crippen LogP contribution is -2.34. The van der Waals surface area contributed by atoms with Gasteiger partial charge >= 0.3 is 5.97 Å². The number of carbonyl (C=O) groups excluding carboxylic acids is 1. The molecule has 1 saturated carbocycles. The number of amides is 1. The third kappa shape index (κ3) is 2.57. The van der Waals surface area contributed by atoms with E-state index in [4.69, 9.17) is 5.11 Å². The molecule has 0 aliphatic heterocycles. The van der Waals surface area contributed by atoms with Gasteiger partial charge in [0.05, 0.1) is 11.3 Å². The minimum atomic E-state index is -0.829. The summed E-state index contributed by atoms with van der Waals surface area (Å²) in [5.74, 6) is -1.64. The van der Waals surface area contributed by atoms with E-state index in [2.05, 4.69) is 15.5 Å². The zero-order valence-electron chi connectivity index (χ0n) is 11.7. The standard InChI is InChI=1S/C15H15N3O4/c19-13-11-4-2-1-3-10(11)12(17-18-13)14(20)16-9-6-5-8(7-9)15(21)22/h1-4,8-9H,5-7H2,(H,16,20)(H,18,19)(H,21,22)/t8-,9+/m0/s1. The van der Waals surface area contributed by atoms with Gasteiger partial charge in [0, 0.05) is 11.4 Å². The number of benzene rings is 1. The van der Waals surface area contributed by atoms with Crippen molar-refractivity contribution < 1.29 is 14.7 Å². The zero-order chi connectivity index (χ0) is 15.7. The van der Waals surface area contributed by atoms with E-state index < -0.39 is 17.8 Å². The molecule has 0 bridgehead atoms. The van der Waals surface area contributed by atoms with Crippen molar-refractivity contribution in [2.45, 2.75) is 25.3 Å². The molecule has 7 heteroatoms.